The van der Waals surface area contributed by atoms with Gasteiger partial charge >= 0.3 is 10.8 Å². The normalized spacial score (nSPS) is 25.7. The lowest BCUT2D eigenvalue weighted by molar-refractivity contribution is -0.141. The van der Waals surface area contributed by atoms with E-state index >= 15 is 0 Å². The van der Waals surface area contributed by atoms with Crippen molar-refractivity contribution in [3.05, 3.63) is 20.0 Å². The molecule has 9 nitrogen and oxygen atoms in total. The fourth-order valence-electron chi connectivity index (χ4n) is 3.07. The average Bonchev–Trinajstić information content (AvgIpc) is 3.22. The number of esters is 1. The van der Waals surface area contributed by atoms with Crippen LogP contribution in [-0.4, -0.2) is 38.3 Å². The van der Waals surface area contributed by atoms with Gasteiger partial charge in [-0.25, -0.2) is 0 Å². The Morgan fingerprint density at radius 2 is 2.23 bits per heavy atom. The topological polar surface area (TPSA) is 129 Å². The molecule has 0 radical (unpaired) electrons. The zero-order valence-corrected chi connectivity index (χ0v) is 15.6. The molecule has 1 saturated carbocycles. The number of hydrogen-bond donors (Lipinski definition) is 2. The van der Waals surface area contributed by atoms with Gasteiger partial charge in [-0.05, 0) is 12.3 Å². The Balaban J connectivity index is 1.74. The summed E-state index contributed by atoms with van der Waals surface area (Å²) in [5, 5.41) is -0.302. The number of nitrogen functional groups attached to an aromatic ring is 1. The van der Waals surface area contributed by atoms with Crippen LogP contribution in [0.2, 0.25) is 0 Å². The van der Waals surface area contributed by atoms with Crippen molar-refractivity contribution >= 4 is 45.4 Å². The van der Waals surface area contributed by atoms with Crippen LogP contribution in [0.1, 0.15) is 31.9 Å². The Morgan fingerprint density at radius 1 is 1.46 bits per heavy atom. The highest BCUT2D eigenvalue weighted by atomic mass is 32.2. The molecule has 26 heavy (non-hydrogen) atoms. The lowest BCUT2D eigenvalue weighted by Crippen LogP contribution is -2.28. The van der Waals surface area contributed by atoms with Crippen LogP contribution in [-0.2, 0) is 14.3 Å². The molecule has 2 aromatic rings. The molecule has 3 N–H and O–H groups in total. The van der Waals surface area contributed by atoms with Crippen molar-refractivity contribution in [2.75, 3.05) is 12.8 Å². The third kappa shape index (κ3) is 3.26. The van der Waals surface area contributed by atoms with Gasteiger partial charge in [0.25, 0.3) is 5.56 Å². The van der Waals surface area contributed by atoms with Gasteiger partial charge in [0.05, 0.1) is 18.8 Å². The molecule has 1 aliphatic carbocycles. The number of nitrogens with zero attached hydrogens (tertiary/aromatic N) is 2. The second-order valence-corrected chi connectivity index (χ2v) is 8.80. The van der Waals surface area contributed by atoms with Crippen molar-refractivity contribution in [1.29, 1.82) is 0 Å². The molecule has 2 fully saturated rings. The van der Waals surface area contributed by atoms with E-state index in [1.807, 2.05) is 0 Å². The zero-order chi connectivity index (χ0) is 18.4. The van der Waals surface area contributed by atoms with Gasteiger partial charge in [-0.15, -0.1) is 11.8 Å². The number of fused-ring (bicyclic) bond motifs is 1. The van der Waals surface area contributed by atoms with E-state index in [1.54, 1.807) is 0 Å². The fraction of sp³-hybridized carbons (Fsp3) is 0.600. The lowest BCUT2D eigenvalue weighted by Gasteiger charge is -2.18. The third-order valence-electron chi connectivity index (χ3n) is 4.50. The number of rotatable bonds is 5. The van der Waals surface area contributed by atoms with E-state index in [2.05, 4.69) is 9.97 Å². The molecule has 0 spiro atoms. The lowest BCUT2D eigenvalue weighted by atomic mass is 10.2. The molecule has 1 saturated heterocycles. The second-order valence-electron chi connectivity index (χ2n) is 6.43. The molecule has 4 rings (SSSR count). The first-order valence-corrected chi connectivity index (χ1v) is 10.0. The smallest absolute Gasteiger partial charge is 0.311 e. The summed E-state index contributed by atoms with van der Waals surface area (Å²) in [7, 11) is 1.33. The number of anilines is 1. The number of thioether (sulfide) groups is 1. The molecule has 140 valence electrons. The molecular weight excluding hydrogens is 380 g/mol. The molecule has 2 aromatic heterocycles. The van der Waals surface area contributed by atoms with Gasteiger partial charge in [-0.1, -0.05) is 24.2 Å². The summed E-state index contributed by atoms with van der Waals surface area (Å²) < 4.78 is 12.4. The van der Waals surface area contributed by atoms with Crippen LogP contribution in [0.4, 0.5) is 5.95 Å². The average molecular weight is 398 g/mol. The van der Waals surface area contributed by atoms with Crippen molar-refractivity contribution in [3.63, 3.8) is 0 Å². The summed E-state index contributed by atoms with van der Waals surface area (Å²) in [5.74, 6) is 0.192. The van der Waals surface area contributed by atoms with E-state index in [4.69, 9.17) is 15.2 Å². The number of carbonyl (C=O) groups is 1. The summed E-state index contributed by atoms with van der Waals surface area (Å²) in [6, 6.07) is 0. The van der Waals surface area contributed by atoms with Crippen LogP contribution in [0.5, 0.6) is 0 Å². The van der Waals surface area contributed by atoms with Crippen molar-refractivity contribution < 1.29 is 14.3 Å². The highest BCUT2D eigenvalue weighted by Gasteiger charge is 2.42. The van der Waals surface area contributed by atoms with Gasteiger partial charge in [-0.2, -0.15) is 4.98 Å². The van der Waals surface area contributed by atoms with Crippen LogP contribution >= 0.6 is 23.1 Å². The Labute approximate surface area is 155 Å². The van der Waals surface area contributed by atoms with Gasteiger partial charge < -0.3 is 15.2 Å². The molecule has 0 amide bonds. The molecule has 3 atom stereocenters. The van der Waals surface area contributed by atoms with Gasteiger partial charge in [0.15, 0.2) is 11.9 Å². The predicted molar refractivity (Wildman–Crippen MR) is 98.2 cm³/mol. The Kier molecular flexibility index (Phi) is 4.53. The maximum atomic E-state index is 12.6. The number of hydrogen-bond acceptors (Lipinski definition) is 9. The van der Waals surface area contributed by atoms with Crippen LogP contribution in [0.25, 0.3) is 10.3 Å². The first-order valence-electron chi connectivity index (χ1n) is 8.25. The number of methoxy groups -OCH3 is 1. The van der Waals surface area contributed by atoms with Crippen LogP contribution in [0, 0.1) is 5.92 Å². The largest absolute Gasteiger partial charge is 0.469 e. The summed E-state index contributed by atoms with van der Waals surface area (Å²) in [4.78, 5) is 42.6. The van der Waals surface area contributed by atoms with E-state index in [1.165, 1.54) is 36.3 Å². The van der Waals surface area contributed by atoms with E-state index < -0.39 is 11.8 Å². The minimum atomic E-state index is -0.696. The van der Waals surface area contributed by atoms with Gasteiger partial charge in [0.2, 0.25) is 5.95 Å². The van der Waals surface area contributed by atoms with Crippen molar-refractivity contribution in [2.45, 2.75) is 42.6 Å². The zero-order valence-electron chi connectivity index (χ0n) is 14.0. The summed E-state index contributed by atoms with van der Waals surface area (Å²) >= 11 is 2.33. The van der Waals surface area contributed by atoms with Crippen molar-refractivity contribution in [1.82, 2.24) is 14.5 Å². The first kappa shape index (κ1) is 17.6. The monoisotopic (exact) mass is 398 g/mol. The second kappa shape index (κ2) is 6.71. The van der Waals surface area contributed by atoms with Gasteiger partial charge in [0.1, 0.15) is 10.1 Å². The SMILES string of the molecule is COC(=O)CC1SC(CC2CC2)OC1n1c(=O)sc2c(=O)[nH]c(N)nc21. The van der Waals surface area contributed by atoms with Crippen molar-refractivity contribution in [3.8, 4) is 0 Å². The summed E-state index contributed by atoms with van der Waals surface area (Å²) in [6.45, 7) is 0. The quantitative estimate of drug-likeness (QED) is 0.715. The molecule has 2 aliphatic rings. The number of nitrogens with two attached hydrogens (primary N) is 1. The van der Waals surface area contributed by atoms with Crippen LogP contribution < -0.4 is 16.2 Å². The number of carbonyl (C=O) groups excluding carboxylic acids is 1. The minimum absolute atomic E-state index is 0.0706. The Bertz CT molecular complexity index is 963. The van der Waals surface area contributed by atoms with E-state index in [-0.39, 0.29) is 44.2 Å². The Morgan fingerprint density at radius 3 is 2.92 bits per heavy atom. The molecule has 3 heterocycles. The molecule has 3 unspecified atom stereocenters. The first-order chi connectivity index (χ1) is 12.5. The highest BCUT2D eigenvalue weighted by molar-refractivity contribution is 8.00. The number of thiazole rings is 1. The summed E-state index contributed by atoms with van der Waals surface area (Å²) in [5.41, 5.74) is 5.26. The van der Waals surface area contributed by atoms with E-state index in [9.17, 15) is 14.4 Å². The number of aromatic nitrogens is 3. The molecule has 0 aromatic carbocycles. The summed E-state index contributed by atoms with van der Waals surface area (Å²) in [6.07, 6.45) is 2.66. The third-order valence-corrected chi connectivity index (χ3v) is 6.80. The molecular formula is C15H18N4O5S2. The number of H-pyrrole nitrogens is 1. The maximum absolute atomic E-state index is 12.6. The van der Waals surface area contributed by atoms with E-state index in [0.29, 0.717) is 5.92 Å². The molecule has 0 bridgehead atoms. The van der Waals surface area contributed by atoms with Gasteiger partial charge in [-0.3, -0.25) is 23.9 Å². The van der Waals surface area contributed by atoms with Crippen LogP contribution in [0.15, 0.2) is 9.59 Å². The van der Waals surface area contributed by atoms with Crippen LogP contribution in [0.3, 0.4) is 0 Å². The van der Waals surface area contributed by atoms with Gasteiger partial charge in [0, 0.05) is 0 Å². The van der Waals surface area contributed by atoms with Crippen molar-refractivity contribution in [2.24, 2.45) is 5.92 Å². The minimum Gasteiger partial charge on any atom is -0.469 e. The number of ether oxygens (including phenoxy) is 2. The highest BCUT2D eigenvalue weighted by Crippen LogP contribution is 2.47. The molecule has 11 heteroatoms. The predicted octanol–water partition coefficient (Wildman–Crippen LogP) is 1.05. The maximum Gasteiger partial charge on any atom is 0.311 e. The Hall–Kier alpha value is -1.85. The fourth-order valence-corrected chi connectivity index (χ4v) is 5.41. The molecule has 1 aliphatic heterocycles. The van der Waals surface area contributed by atoms with E-state index in [0.717, 1.165) is 17.8 Å². The standard InChI is InChI=1S/C15H18N4O5S2/c1-23-8(20)5-7-13(24-9(25-7)4-6-2-3-6)19-11-10(26-15(19)22)12(21)18-14(16)17-11/h6-7,9,13H,2-5H2,1H3,(H3,16,17,18,21). The number of nitrogens with one attached hydrogen (secondary N) is 1. The number of aromatic amines is 1.